The quantitative estimate of drug-likeness (QED) is 0.267. The van der Waals surface area contributed by atoms with Gasteiger partial charge in [0.05, 0.1) is 30.2 Å². The normalized spacial score (nSPS) is 21.3. The summed E-state index contributed by atoms with van der Waals surface area (Å²) in [5.74, 6) is -2.62. The zero-order valence-electron chi connectivity index (χ0n) is 22.7. The van der Waals surface area contributed by atoms with Gasteiger partial charge in [0.25, 0.3) is 5.91 Å². The molecule has 3 amide bonds. The molecule has 42 heavy (non-hydrogen) atoms. The number of imide groups is 1. The van der Waals surface area contributed by atoms with E-state index in [-0.39, 0.29) is 29.2 Å². The van der Waals surface area contributed by atoms with Gasteiger partial charge in [-0.3, -0.25) is 14.4 Å². The van der Waals surface area contributed by atoms with Crippen molar-refractivity contribution in [1.29, 1.82) is 0 Å². The molecule has 1 aliphatic heterocycles. The predicted molar refractivity (Wildman–Crippen MR) is 154 cm³/mol. The molecule has 0 spiro atoms. The largest absolute Gasteiger partial charge is 0.497 e. The standard InChI is InChI=1S/C34H26N2O6/c1-41-22-15-13-20(14-16-22)35-27(37)18-42-34(40)19-7-6-8-21(17-19)36-32(38)30-28-23-9-2-3-10-24(23)29(31(30)33(36)39)26-12-5-4-11-25(26)28/h2-17,28-31H,18H2,1H3,(H,35,37)/t28?,29?,30-,31-/m0/s1. The van der Waals surface area contributed by atoms with Crippen molar-refractivity contribution in [2.75, 3.05) is 23.9 Å². The van der Waals surface area contributed by atoms with Crippen LogP contribution in [0.3, 0.4) is 0 Å². The van der Waals surface area contributed by atoms with Gasteiger partial charge in [-0.2, -0.15) is 0 Å². The molecule has 8 rings (SSSR count). The Balaban J connectivity index is 1.11. The van der Waals surface area contributed by atoms with E-state index in [9.17, 15) is 19.2 Å². The predicted octanol–water partition coefficient (Wildman–Crippen LogP) is 4.89. The van der Waals surface area contributed by atoms with Crippen molar-refractivity contribution >= 4 is 35.1 Å². The lowest BCUT2D eigenvalue weighted by molar-refractivity contribution is -0.122. The summed E-state index contributed by atoms with van der Waals surface area (Å²) in [5.41, 5.74) is 5.35. The second kappa shape index (κ2) is 9.99. The Morgan fingerprint density at radius 1 is 0.738 bits per heavy atom. The molecule has 4 aromatic rings. The van der Waals surface area contributed by atoms with E-state index in [2.05, 4.69) is 29.6 Å². The minimum atomic E-state index is -0.738. The molecule has 1 heterocycles. The van der Waals surface area contributed by atoms with Crippen LogP contribution in [0.1, 0.15) is 44.4 Å². The smallest absolute Gasteiger partial charge is 0.338 e. The summed E-state index contributed by atoms with van der Waals surface area (Å²) in [4.78, 5) is 54.4. The molecule has 8 nitrogen and oxygen atoms in total. The number of esters is 1. The van der Waals surface area contributed by atoms with Crippen LogP contribution in [0.4, 0.5) is 11.4 Å². The molecule has 1 fully saturated rings. The minimum absolute atomic E-state index is 0.134. The average molecular weight is 559 g/mol. The second-order valence-corrected chi connectivity index (χ2v) is 10.7. The van der Waals surface area contributed by atoms with Crippen LogP contribution in [0, 0.1) is 11.8 Å². The summed E-state index contributed by atoms with van der Waals surface area (Å²) in [7, 11) is 1.55. The molecule has 4 aliphatic rings. The van der Waals surface area contributed by atoms with E-state index in [1.807, 2.05) is 24.3 Å². The molecule has 0 unspecified atom stereocenters. The van der Waals surface area contributed by atoms with Crippen LogP contribution in [-0.4, -0.2) is 37.4 Å². The van der Waals surface area contributed by atoms with Crippen LogP contribution < -0.4 is 15.0 Å². The highest BCUT2D eigenvalue weighted by Crippen LogP contribution is 2.61. The van der Waals surface area contributed by atoms with Gasteiger partial charge in [0.2, 0.25) is 11.8 Å². The number of nitrogens with one attached hydrogen (secondary N) is 1. The number of amides is 3. The number of anilines is 2. The molecular weight excluding hydrogens is 532 g/mol. The summed E-state index contributed by atoms with van der Waals surface area (Å²) < 4.78 is 10.3. The number of rotatable bonds is 6. The maximum Gasteiger partial charge on any atom is 0.338 e. The van der Waals surface area contributed by atoms with E-state index >= 15 is 0 Å². The SMILES string of the molecule is COc1ccc(NC(=O)COC(=O)c2cccc(N3C(=O)[C@H]4C5c6ccccc6C(c6ccccc65)[C@@H]4C3=O)c2)cc1. The first kappa shape index (κ1) is 25.7. The van der Waals surface area contributed by atoms with E-state index < -0.39 is 30.3 Å². The highest BCUT2D eigenvalue weighted by molar-refractivity contribution is 6.23. The van der Waals surface area contributed by atoms with E-state index in [0.29, 0.717) is 17.1 Å². The van der Waals surface area contributed by atoms with E-state index in [1.165, 1.54) is 17.0 Å². The fraction of sp³-hybridized carbons (Fsp3) is 0.176. The summed E-state index contributed by atoms with van der Waals surface area (Å²) in [6.45, 7) is -0.499. The van der Waals surface area contributed by atoms with Crippen molar-refractivity contribution in [1.82, 2.24) is 0 Å². The molecule has 2 bridgehead atoms. The molecule has 0 radical (unpaired) electrons. The molecule has 1 saturated heterocycles. The van der Waals surface area contributed by atoms with Gasteiger partial charge in [-0.05, 0) is 64.7 Å². The zero-order valence-corrected chi connectivity index (χ0v) is 22.7. The molecule has 1 N–H and O–H groups in total. The fourth-order valence-corrected chi connectivity index (χ4v) is 6.79. The fourth-order valence-electron chi connectivity index (χ4n) is 6.79. The van der Waals surface area contributed by atoms with Crippen molar-refractivity contribution in [3.05, 3.63) is 125 Å². The van der Waals surface area contributed by atoms with Crippen molar-refractivity contribution in [3.63, 3.8) is 0 Å². The van der Waals surface area contributed by atoms with Crippen LogP contribution in [-0.2, 0) is 19.1 Å². The summed E-state index contributed by atoms with van der Waals surface area (Å²) in [6.07, 6.45) is 0. The average Bonchev–Trinajstić information content (AvgIpc) is 3.30. The lowest BCUT2D eigenvalue weighted by Gasteiger charge is -2.45. The van der Waals surface area contributed by atoms with Gasteiger partial charge in [-0.1, -0.05) is 54.6 Å². The number of nitrogens with zero attached hydrogens (tertiary/aromatic N) is 1. The molecular formula is C34H26N2O6. The Morgan fingerprint density at radius 3 is 1.81 bits per heavy atom. The minimum Gasteiger partial charge on any atom is -0.497 e. The molecule has 2 atom stereocenters. The van der Waals surface area contributed by atoms with Crippen molar-refractivity contribution < 1.29 is 28.7 Å². The van der Waals surface area contributed by atoms with Crippen molar-refractivity contribution in [3.8, 4) is 5.75 Å². The molecule has 208 valence electrons. The molecule has 3 aliphatic carbocycles. The molecule has 8 heteroatoms. The van der Waals surface area contributed by atoms with Gasteiger partial charge in [0.1, 0.15) is 5.75 Å². The third kappa shape index (κ3) is 3.98. The van der Waals surface area contributed by atoms with Crippen LogP contribution in [0.2, 0.25) is 0 Å². The summed E-state index contributed by atoms with van der Waals surface area (Å²) in [6, 6.07) is 29.1. The van der Waals surface area contributed by atoms with Gasteiger partial charge in [0.15, 0.2) is 6.61 Å². The topological polar surface area (TPSA) is 102 Å². The van der Waals surface area contributed by atoms with Gasteiger partial charge in [-0.15, -0.1) is 0 Å². The second-order valence-electron chi connectivity index (χ2n) is 10.7. The molecule has 4 aromatic carbocycles. The number of methoxy groups -OCH3 is 1. The van der Waals surface area contributed by atoms with Crippen LogP contribution in [0.15, 0.2) is 97.1 Å². The number of benzene rings is 4. The number of carbonyl (C=O) groups is 4. The third-order valence-corrected chi connectivity index (χ3v) is 8.50. The monoisotopic (exact) mass is 558 g/mol. The number of carbonyl (C=O) groups excluding carboxylic acids is 4. The third-order valence-electron chi connectivity index (χ3n) is 8.50. The lowest BCUT2D eigenvalue weighted by atomic mass is 9.55. The number of ether oxygens (including phenoxy) is 2. The van der Waals surface area contributed by atoms with Crippen molar-refractivity contribution in [2.24, 2.45) is 11.8 Å². The molecule has 0 aromatic heterocycles. The number of hydrogen-bond acceptors (Lipinski definition) is 6. The Bertz CT molecular complexity index is 1650. The Kier molecular flexibility index (Phi) is 6.12. The van der Waals surface area contributed by atoms with Crippen LogP contribution in [0.5, 0.6) is 5.75 Å². The van der Waals surface area contributed by atoms with Crippen LogP contribution >= 0.6 is 0 Å². The van der Waals surface area contributed by atoms with E-state index in [0.717, 1.165) is 22.3 Å². The number of hydrogen-bond donors (Lipinski definition) is 1. The lowest BCUT2D eigenvalue weighted by Crippen LogP contribution is -2.41. The maximum absolute atomic E-state index is 14.0. The highest BCUT2D eigenvalue weighted by atomic mass is 16.5. The Labute approximate surface area is 241 Å². The van der Waals surface area contributed by atoms with Gasteiger partial charge >= 0.3 is 5.97 Å². The van der Waals surface area contributed by atoms with Gasteiger partial charge in [0, 0.05) is 17.5 Å². The van der Waals surface area contributed by atoms with E-state index in [4.69, 9.17) is 9.47 Å². The summed E-state index contributed by atoms with van der Waals surface area (Å²) in [5, 5.41) is 2.66. The first-order valence-corrected chi connectivity index (χ1v) is 13.7. The van der Waals surface area contributed by atoms with Crippen molar-refractivity contribution in [2.45, 2.75) is 11.8 Å². The Morgan fingerprint density at radius 2 is 1.29 bits per heavy atom. The maximum atomic E-state index is 14.0. The van der Waals surface area contributed by atoms with Gasteiger partial charge < -0.3 is 14.8 Å². The Hall–Kier alpha value is -5.24. The first-order valence-electron chi connectivity index (χ1n) is 13.7. The zero-order chi connectivity index (χ0) is 29.0. The highest BCUT2D eigenvalue weighted by Gasteiger charge is 2.61. The van der Waals surface area contributed by atoms with Gasteiger partial charge in [-0.25, -0.2) is 9.69 Å². The first-order chi connectivity index (χ1) is 20.5. The van der Waals surface area contributed by atoms with E-state index in [1.54, 1.807) is 43.5 Å². The summed E-state index contributed by atoms with van der Waals surface area (Å²) >= 11 is 0. The molecule has 0 saturated carbocycles. The van der Waals surface area contributed by atoms with Crippen LogP contribution in [0.25, 0.3) is 0 Å².